The molecule has 1 atom stereocenters. The van der Waals surface area contributed by atoms with E-state index in [-0.39, 0.29) is 4.83 Å². The van der Waals surface area contributed by atoms with Crippen molar-refractivity contribution in [2.24, 2.45) is 0 Å². The van der Waals surface area contributed by atoms with Crippen molar-refractivity contribution in [2.75, 3.05) is 0 Å². The molecule has 0 bridgehead atoms. The molecule has 2 aromatic heterocycles. The SMILES string of the molecule is Cc1ccc(C(Br)Cc2ccsc2)o1. The molecule has 0 saturated carbocycles. The molecule has 0 saturated heterocycles. The lowest BCUT2D eigenvalue weighted by atomic mass is 10.1. The second-order valence-corrected chi connectivity index (χ2v) is 5.14. The van der Waals surface area contributed by atoms with Gasteiger partial charge in [-0.2, -0.15) is 11.3 Å². The molecule has 0 radical (unpaired) electrons. The van der Waals surface area contributed by atoms with Crippen molar-refractivity contribution in [3.63, 3.8) is 0 Å². The van der Waals surface area contributed by atoms with Gasteiger partial charge in [-0.25, -0.2) is 0 Å². The summed E-state index contributed by atoms with van der Waals surface area (Å²) in [6, 6.07) is 6.17. The first kappa shape index (κ1) is 9.99. The molecule has 0 fully saturated rings. The van der Waals surface area contributed by atoms with E-state index in [0.717, 1.165) is 17.9 Å². The van der Waals surface area contributed by atoms with E-state index in [9.17, 15) is 0 Å². The molecule has 2 heterocycles. The largest absolute Gasteiger partial charge is 0.465 e. The number of alkyl halides is 1. The maximum Gasteiger partial charge on any atom is 0.118 e. The summed E-state index contributed by atoms with van der Waals surface area (Å²) in [5.41, 5.74) is 1.35. The van der Waals surface area contributed by atoms with Gasteiger partial charge in [0, 0.05) is 0 Å². The zero-order chi connectivity index (χ0) is 9.97. The molecule has 0 N–H and O–H groups in total. The number of hydrogen-bond donors (Lipinski definition) is 0. The minimum Gasteiger partial charge on any atom is -0.465 e. The molecular formula is C11H11BrOS. The van der Waals surface area contributed by atoms with Gasteiger partial charge in [0.1, 0.15) is 11.5 Å². The van der Waals surface area contributed by atoms with Crippen molar-refractivity contribution in [3.8, 4) is 0 Å². The van der Waals surface area contributed by atoms with Gasteiger partial charge in [0.05, 0.1) is 4.83 Å². The smallest absolute Gasteiger partial charge is 0.118 e. The highest BCUT2D eigenvalue weighted by Crippen LogP contribution is 2.28. The Morgan fingerprint density at radius 1 is 1.43 bits per heavy atom. The zero-order valence-electron chi connectivity index (χ0n) is 7.87. The summed E-state index contributed by atoms with van der Waals surface area (Å²) >= 11 is 5.36. The fourth-order valence-electron chi connectivity index (χ4n) is 1.34. The Hall–Kier alpha value is -0.540. The van der Waals surface area contributed by atoms with Crippen molar-refractivity contribution in [2.45, 2.75) is 18.2 Å². The fraction of sp³-hybridized carbons (Fsp3) is 0.273. The molecular weight excluding hydrogens is 260 g/mol. The number of thiophene rings is 1. The zero-order valence-corrected chi connectivity index (χ0v) is 10.3. The minimum absolute atomic E-state index is 0.283. The van der Waals surface area contributed by atoms with Crippen LogP contribution in [0.4, 0.5) is 0 Å². The monoisotopic (exact) mass is 270 g/mol. The Labute approximate surface area is 95.9 Å². The summed E-state index contributed by atoms with van der Waals surface area (Å²) in [6.07, 6.45) is 0.983. The van der Waals surface area contributed by atoms with Crippen LogP contribution in [0.5, 0.6) is 0 Å². The molecule has 74 valence electrons. The lowest BCUT2D eigenvalue weighted by Gasteiger charge is -2.04. The maximum atomic E-state index is 5.55. The van der Waals surface area contributed by atoms with Crippen LogP contribution in [-0.4, -0.2) is 0 Å². The summed E-state index contributed by atoms with van der Waals surface area (Å²) in [4.78, 5) is 0.283. The molecule has 3 heteroatoms. The van der Waals surface area contributed by atoms with Crippen LogP contribution >= 0.6 is 27.3 Å². The number of furan rings is 1. The van der Waals surface area contributed by atoms with Gasteiger partial charge < -0.3 is 4.42 Å². The van der Waals surface area contributed by atoms with E-state index in [0.29, 0.717) is 0 Å². The predicted octanol–water partition coefficient (Wildman–Crippen LogP) is 4.33. The Morgan fingerprint density at radius 2 is 2.29 bits per heavy atom. The first-order valence-electron chi connectivity index (χ1n) is 4.47. The Kier molecular flexibility index (Phi) is 3.08. The second-order valence-electron chi connectivity index (χ2n) is 3.25. The van der Waals surface area contributed by atoms with Crippen molar-refractivity contribution >= 4 is 27.3 Å². The van der Waals surface area contributed by atoms with Gasteiger partial charge in [0.2, 0.25) is 0 Å². The quantitative estimate of drug-likeness (QED) is 0.757. The predicted molar refractivity (Wildman–Crippen MR) is 63.1 cm³/mol. The van der Waals surface area contributed by atoms with Crippen molar-refractivity contribution in [1.29, 1.82) is 0 Å². The van der Waals surface area contributed by atoms with E-state index in [1.165, 1.54) is 5.56 Å². The van der Waals surface area contributed by atoms with Gasteiger partial charge in [-0.3, -0.25) is 0 Å². The lowest BCUT2D eigenvalue weighted by Crippen LogP contribution is -1.91. The van der Waals surface area contributed by atoms with E-state index in [1.807, 2.05) is 19.1 Å². The number of rotatable bonds is 3. The van der Waals surface area contributed by atoms with Crippen LogP contribution in [0, 0.1) is 6.92 Å². The molecule has 1 unspecified atom stereocenters. The van der Waals surface area contributed by atoms with Crippen LogP contribution < -0.4 is 0 Å². The summed E-state index contributed by atoms with van der Waals surface area (Å²) in [5.74, 6) is 1.98. The van der Waals surface area contributed by atoms with Crippen LogP contribution in [0.3, 0.4) is 0 Å². The third-order valence-corrected chi connectivity index (χ3v) is 3.57. The molecule has 0 amide bonds. The molecule has 14 heavy (non-hydrogen) atoms. The summed E-state index contributed by atoms with van der Waals surface area (Å²) < 4.78 is 5.55. The molecule has 2 aromatic rings. The molecule has 0 aliphatic heterocycles. The Morgan fingerprint density at radius 3 is 2.86 bits per heavy atom. The average Bonchev–Trinajstić information content (AvgIpc) is 2.75. The van der Waals surface area contributed by atoms with Gasteiger partial charge >= 0.3 is 0 Å². The van der Waals surface area contributed by atoms with Gasteiger partial charge in [0.15, 0.2) is 0 Å². The molecule has 1 nitrogen and oxygen atoms in total. The van der Waals surface area contributed by atoms with Gasteiger partial charge in [-0.15, -0.1) is 0 Å². The van der Waals surface area contributed by atoms with Crippen molar-refractivity contribution in [1.82, 2.24) is 0 Å². The Balaban J connectivity index is 2.06. The number of aryl methyl sites for hydroxylation is 1. The summed E-state index contributed by atoms with van der Waals surface area (Å²) in [7, 11) is 0. The minimum atomic E-state index is 0.283. The molecule has 0 spiro atoms. The average molecular weight is 271 g/mol. The molecule has 2 rings (SSSR count). The first-order valence-corrected chi connectivity index (χ1v) is 6.33. The van der Waals surface area contributed by atoms with E-state index in [1.54, 1.807) is 11.3 Å². The fourth-order valence-corrected chi connectivity index (χ4v) is 2.64. The van der Waals surface area contributed by atoms with E-state index in [2.05, 4.69) is 32.8 Å². The molecule has 0 aliphatic carbocycles. The second kappa shape index (κ2) is 4.32. The van der Waals surface area contributed by atoms with Crippen LogP contribution in [0.1, 0.15) is 21.9 Å². The standard InChI is InChI=1S/C11H11BrOS/c1-8-2-3-11(13-8)10(12)6-9-4-5-14-7-9/h2-5,7,10H,6H2,1H3. The maximum absolute atomic E-state index is 5.55. The van der Waals surface area contributed by atoms with Gasteiger partial charge in [0.25, 0.3) is 0 Å². The van der Waals surface area contributed by atoms with Crippen LogP contribution in [-0.2, 0) is 6.42 Å². The normalized spacial score (nSPS) is 13.0. The van der Waals surface area contributed by atoms with Crippen LogP contribution in [0.2, 0.25) is 0 Å². The van der Waals surface area contributed by atoms with Gasteiger partial charge in [-0.1, -0.05) is 15.9 Å². The van der Waals surface area contributed by atoms with Crippen molar-refractivity contribution < 1.29 is 4.42 Å². The van der Waals surface area contributed by atoms with Crippen LogP contribution in [0.15, 0.2) is 33.4 Å². The lowest BCUT2D eigenvalue weighted by molar-refractivity contribution is 0.481. The Bertz CT molecular complexity index is 391. The molecule has 0 aliphatic rings. The third kappa shape index (κ3) is 2.28. The molecule has 0 aromatic carbocycles. The first-order chi connectivity index (χ1) is 6.75. The van der Waals surface area contributed by atoms with E-state index >= 15 is 0 Å². The van der Waals surface area contributed by atoms with Crippen LogP contribution in [0.25, 0.3) is 0 Å². The highest BCUT2D eigenvalue weighted by molar-refractivity contribution is 9.09. The van der Waals surface area contributed by atoms with Crippen molar-refractivity contribution in [3.05, 3.63) is 46.0 Å². The summed E-state index contributed by atoms with van der Waals surface area (Å²) in [5, 5.41) is 4.27. The number of hydrogen-bond acceptors (Lipinski definition) is 2. The highest BCUT2D eigenvalue weighted by Gasteiger charge is 2.12. The van der Waals surface area contributed by atoms with E-state index in [4.69, 9.17) is 4.42 Å². The summed E-state index contributed by atoms with van der Waals surface area (Å²) in [6.45, 7) is 1.97. The highest BCUT2D eigenvalue weighted by atomic mass is 79.9. The van der Waals surface area contributed by atoms with Gasteiger partial charge in [-0.05, 0) is 47.9 Å². The third-order valence-electron chi connectivity index (χ3n) is 2.06. The number of halogens is 1. The van der Waals surface area contributed by atoms with E-state index < -0.39 is 0 Å². The topological polar surface area (TPSA) is 13.1 Å².